The highest BCUT2D eigenvalue weighted by molar-refractivity contribution is 6.32. The molecule has 1 aliphatic rings. The number of carbonyl (C=O) groups excluding carboxylic acids is 1. The number of amides is 2. The first-order valence-corrected chi connectivity index (χ1v) is 9.60. The minimum Gasteiger partial charge on any atom is -0.495 e. The summed E-state index contributed by atoms with van der Waals surface area (Å²) in [5.41, 5.74) is 4.25. The van der Waals surface area contributed by atoms with Gasteiger partial charge in [-0.1, -0.05) is 23.7 Å². The van der Waals surface area contributed by atoms with Crippen molar-refractivity contribution in [3.8, 4) is 11.5 Å². The fraction of sp³-hybridized carbons (Fsp3) is 0.381. The highest BCUT2D eigenvalue weighted by Gasteiger charge is 2.23. The molecule has 3 rings (SSSR count). The zero-order valence-corrected chi connectivity index (χ0v) is 17.5. The molecule has 28 heavy (non-hydrogen) atoms. The molecule has 0 spiro atoms. The van der Waals surface area contributed by atoms with E-state index in [9.17, 15) is 4.79 Å². The lowest BCUT2D eigenvalue weighted by Crippen LogP contribution is -2.50. The van der Waals surface area contributed by atoms with E-state index in [2.05, 4.69) is 42.3 Å². The van der Waals surface area contributed by atoms with E-state index in [0.717, 1.165) is 13.1 Å². The zero-order chi connectivity index (χ0) is 20.3. The van der Waals surface area contributed by atoms with E-state index in [1.165, 1.54) is 23.9 Å². The number of carbonyl (C=O) groups is 1. The number of methoxy groups -OCH3 is 2. The Balaban J connectivity index is 1.66. The number of aryl methyl sites for hydroxylation is 2. The number of ether oxygens (including phenoxy) is 2. The van der Waals surface area contributed by atoms with Gasteiger partial charge in [0.05, 0.1) is 24.9 Å². The summed E-state index contributed by atoms with van der Waals surface area (Å²) in [6, 6.07) is 9.61. The summed E-state index contributed by atoms with van der Waals surface area (Å²) >= 11 is 6.19. The van der Waals surface area contributed by atoms with Crippen molar-refractivity contribution in [3.63, 3.8) is 0 Å². The van der Waals surface area contributed by atoms with Crippen molar-refractivity contribution in [1.82, 2.24) is 4.90 Å². The van der Waals surface area contributed by atoms with Crippen LogP contribution in [0.1, 0.15) is 11.1 Å². The lowest BCUT2D eigenvalue weighted by Gasteiger charge is -2.37. The van der Waals surface area contributed by atoms with Crippen LogP contribution in [0.15, 0.2) is 30.3 Å². The fourth-order valence-electron chi connectivity index (χ4n) is 3.36. The summed E-state index contributed by atoms with van der Waals surface area (Å²) < 4.78 is 10.5. The number of benzene rings is 2. The van der Waals surface area contributed by atoms with E-state index in [1.54, 1.807) is 24.1 Å². The van der Waals surface area contributed by atoms with Gasteiger partial charge in [-0.15, -0.1) is 0 Å². The third kappa shape index (κ3) is 4.28. The summed E-state index contributed by atoms with van der Waals surface area (Å²) in [4.78, 5) is 16.9. The molecule has 0 atom stereocenters. The van der Waals surface area contributed by atoms with Crippen molar-refractivity contribution in [2.24, 2.45) is 0 Å². The molecule has 1 N–H and O–H groups in total. The maximum Gasteiger partial charge on any atom is 0.322 e. The molecule has 0 aliphatic carbocycles. The molecule has 0 bridgehead atoms. The van der Waals surface area contributed by atoms with Gasteiger partial charge in [0.25, 0.3) is 0 Å². The second kappa shape index (κ2) is 8.61. The van der Waals surface area contributed by atoms with Gasteiger partial charge in [0.15, 0.2) is 0 Å². The van der Waals surface area contributed by atoms with Crippen molar-refractivity contribution in [3.05, 3.63) is 46.5 Å². The van der Waals surface area contributed by atoms with Crippen LogP contribution < -0.4 is 19.7 Å². The van der Waals surface area contributed by atoms with Crippen molar-refractivity contribution < 1.29 is 14.3 Å². The van der Waals surface area contributed by atoms with Gasteiger partial charge in [0.1, 0.15) is 11.5 Å². The predicted molar refractivity (Wildman–Crippen MR) is 113 cm³/mol. The molecule has 7 heteroatoms. The molecule has 6 nitrogen and oxygen atoms in total. The van der Waals surface area contributed by atoms with Crippen molar-refractivity contribution in [2.75, 3.05) is 50.6 Å². The van der Waals surface area contributed by atoms with Crippen LogP contribution in [0.4, 0.5) is 16.2 Å². The second-order valence-corrected chi connectivity index (χ2v) is 7.29. The third-order valence-electron chi connectivity index (χ3n) is 4.99. The van der Waals surface area contributed by atoms with Gasteiger partial charge in [0, 0.05) is 37.9 Å². The Hall–Kier alpha value is -2.60. The number of hydrogen-bond donors (Lipinski definition) is 1. The Labute approximate surface area is 171 Å². The molecule has 1 fully saturated rings. The average molecular weight is 404 g/mol. The van der Waals surface area contributed by atoms with Crippen LogP contribution >= 0.6 is 11.6 Å². The Morgan fingerprint density at radius 2 is 1.68 bits per heavy atom. The summed E-state index contributed by atoms with van der Waals surface area (Å²) in [5.74, 6) is 1.00. The molecule has 0 unspecified atom stereocenters. The third-order valence-corrected chi connectivity index (χ3v) is 5.28. The van der Waals surface area contributed by atoms with Crippen LogP contribution in [-0.4, -0.2) is 51.3 Å². The van der Waals surface area contributed by atoms with Crippen molar-refractivity contribution in [1.29, 1.82) is 0 Å². The van der Waals surface area contributed by atoms with Crippen molar-refractivity contribution >= 4 is 29.0 Å². The monoisotopic (exact) mass is 403 g/mol. The van der Waals surface area contributed by atoms with Gasteiger partial charge in [0.2, 0.25) is 0 Å². The molecule has 0 radical (unpaired) electrons. The zero-order valence-electron chi connectivity index (χ0n) is 16.7. The SMILES string of the molecule is COc1cc(OC)c(NC(=O)N2CCN(c3cc(C)ccc3C)CC2)cc1Cl. The molecule has 0 saturated carbocycles. The van der Waals surface area contributed by atoms with Crippen LogP contribution in [-0.2, 0) is 0 Å². The van der Waals surface area contributed by atoms with Gasteiger partial charge in [-0.2, -0.15) is 0 Å². The molecular weight excluding hydrogens is 378 g/mol. The predicted octanol–water partition coefficient (Wildman–Crippen LogP) is 4.33. The minimum absolute atomic E-state index is 0.167. The van der Waals surface area contributed by atoms with Gasteiger partial charge < -0.3 is 24.6 Å². The van der Waals surface area contributed by atoms with Crippen LogP contribution in [0.3, 0.4) is 0 Å². The minimum atomic E-state index is -0.167. The van der Waals surface area contributed by atoms with Gasteiger partial charge in [-0.25, -0.2) is 4.79 Å². The topological polar surface area (TPSA) is 54.0 Å². The van der Waals surface area contributed by atoms with Crippen molar-refractivity contribution in [2.45, 2.75) is 13.8 Å². The molecule has 1 saturated heterocycles. The number of urea groups is 1. The van der Waals surface area contributed by atoms with Gasteiger partial charge >= 0.3 is 6.03 Å². The Morgan fingerprint density at radius 1 is 1.00 bits per heavy atom. The number of anilines is 2. The molecular formula is C21H26ClN3O3. The van der Waals surface area contributed by atoms with Crippen LogP contribution in [0, 0.1) is 13.8 Å². The molecule has 0 aromatic heterocycles. The summed E-state index contributed by atoms with van der Waals surface area (Å²) in [6.45, 7) is 7.08. The van der Waals surface area contributed by atoms with E-state index in [4.69, 9.17) is 21.1 Å². The lowest BCUT2D eigenvalue weighted by atomic mass is 10.1. The maximum atomic E-state index is 12.7. The normalized spacial score (nSPS) is 14.0. The van der Waals surface area contributed by atoms with Gasteiger partial charge in [-0.3, -0.25) is 0 Å². The quantitative estimate of drug-likeness (QED) is 0.825. The molecule has 150 valence electrons. The van der Waals surface area contributed by atoms with E-state index in [0.29, 0.717) is 35.3 Å². The molecule has 1 aliphatic heterocycles. The number of hydrogen-bond acceptors (Lipinski definition) is 4. The average Bonchev–Trinajstić information content (AvgIpc) is 2.70. The highest BCUT2D eigenvalue weighted by Crippen LogP contribution is 2.36. The Kier molecular flexibility index (Phi) is 6.19. The number of rotatable bonds is 4. The molecule has 2 aromatic carbocycles. The Morgan fingerprint density at radius 3 is 2.32 bits per heavy atom. The first kappa shape index (κ1) is 20.1. The lowest BCUT2D eigenvalue weighted by molar-refractivity contribution is 0.208. The van der Waals surface area contributed by atoms with E-state index in [-0.39, 0.29) is 6.03 Å². The first-order chi connectivity index (χ1) is 13.4. The van der Waals surface area contributed by atoms with Crippen LogP contribution in [0.25, 0.3) is 0 Å². The number of nitrogens with zero attached hydrogens (tertiary/aromatic N) is 2. The largest absolute Gasteiger partial charge is 0.495 e. The number of nitrogens with one attached hydrogen (secondary N) is 1. The molecule has 1 heterocycles. The van der Waals surface area contributed by atoms with Crippen LogP contribution in [0.2, 0.25) is 5.02 Å². The maximum absolute atomic E-state index is 12.7. The molecule has 2 aromatic rings. The first-order valence-electron chi connectivity index (χ1n) is 9.22. The second-order valence-electron chi connectivity index (χ2n) is 6.88. The number of piperazine rings is 1. The van der Waals surface area contributed by atoms with Gasteiger partial charge in [-0.05, 0) is 37.1 Å². The van der Waals surface area contributed by atoms with E-state index in [1.807, 2.05) is 0 Å². The molecule has 2 amide bonds. The summed E-state index contributed by atoms with van der Waals surface area (Å²) in [6.07, 6.45) is 0. The smallest absolute Gasteiger partial charge is 0.322 e. The van der Waals surface area contributed by atoms with Crippen LogP contribution in [0.5, 0.6) is 11.5 Å². The Bertz CT molecular complexity index is 864. The fourth-order valence-corrected chi connectivity index (χ4v) is 3.60. The standard InChI is InChI=1S/C21H26ClN3O3/c1-14-5-6-15(2)18(11-14)24-7-9-25(10-8-24)21(26)23-17-12-16(22)19(27-3)13-20(17)28-4/h5-6,11-13H,7-10H2,1-4H3,(H,23,26). The summed E-state index contributed by atoms with van der Waals surface area (Å²) in [7, 11) is 3.08. The van der Waals surface area contributed by atoms with E-state index >= 15 is 0 Å². The number of halogens is 1. The highest BCUT2D eigenvalue weighted by atomic mass is 35.5. The van der Waals surface area contributed by atoms with E-state index < -0.39 is 0 Å². The summed E-state index contributed by atoms with van der Waals surface area (Å²) in [5, 5.41) is 3.32.